The first kappa shape index (κ1) is 14.1. The van der Waals surface area contributed by atoms with E-state index in [4.69, 9.17) is 0 Å². The minimum absolute atomic E-state index is 0.208. The summed E-state index contributed by atoms with van der Waals surface area (Å²) in [4.78, 5) is 13.6. The van der Waals surface area contributed by atoms with Gasteiger partial charge in [-0.25, -0.2) is 0 Å². The van der Waals surface area contributed by atoms with E-state index in [1.54, 1.807) is 16.7 Å². The number of amides is 1. The molecule has 0 saturated carbocycles. The number of thioether (sulfide) groups is 1. The predicted octanol–water partition coefficient (Wildman–Crippen LogP) is 3.03. The molecule has 17 heavy (non-hydrogen) atoms. The number of hydrogen-bond acceptors (Lipinski definition) is 2. The van der Waals surface area contributed by atoms with Gasteiger partial charge in [0.2, 0.25) is 5.91 Å². The second-order valence-corrected chi connectivity index (χ2v) is 5.67. The lowest BCUT2D eigenvalue weighted by molar-refractivity contribution is -0.127. The van der Waals surface area contributed by atoms with Crippen molar-refractivity contribution in [2.75, 3.05) is 18.6 Å². The number of carbonyl (C=O) groups is 1. The maximum absolute atomic E-state index is 11.8. The van der Waals surface area contributed by atoms with Gasteiger partial charge in [0.15, 0.2) is 0 Å². The summed E-state index contributed by atoms with van der Waals surface area (Å²) in [6.45, 7) is 5.04. The summed E-state index contributed by atoms with van der Waals surface area (Å²) in [7, 11) is 1.87. The fourth-order valence-electron chi connectivity index (χ4n) is 1.44. The van der Waals surface area contributed by atoms with Gasteiger partial charge in [-0.1, -0.05) is 44.2 Å². The number of nitrogens with zero attached hydrogens (tertiary/aromatic N) is 1. The Morgan fingerprint density at radius 1 is 1.29 bits per heavy atom. The zero-order valence-corrected chi connectivity index (χ0v) is 11.7. The summed E-state index contributed by atoms with van der Waals surface area (Å²) >= 11 is 1.72. The third-order valence-corrected chi connectivity index (χ3v) is 3.72. The Hall–Kier alpha value is -0.960. The number of rotatable bonds is 6. The van der Waals surface area contributed by atoms with Gasteiger partial charge >= 0.3 is 0 Å². The molecule has 0 unspecified atom stereocenters. The third-order valence-electron chi connectivity index (χ3n) is 2.37. The maximum Gasteiger partial charge on any atom is 0.232 e. The SMILES string of the molecule is CC(C)CSCC(=O)N(C)Cc1ccccc1. The standard InChI is InChI=1S/C14H21NOS/c1-12(2)10-17-11-14(16)15(3)9-13-7-5-4-6-8-13/h4-8,12H,9-11H2,1-3H3. The van der Waals surface area contributed by atoms with Crippen LogP contribution in [0.15, 0.2) is 30.3 Å². The second-order valence-electron chi connectivity index (χ2n) is 4.64. The van der Waals surface area contributed by atoms with Gasteiger partial charge in [0.1, 0.15) is 0 Å². The van der Waals surface area contributed by atoms with Crippen molar-refractivity contribution in [2.45, 2.75) is 20.4 Å². The normalized spacial score (nSPS) is 10.6. The first-order chi connectivity index (χ1) is 8.09. The highest BCUT2D eigenvalue weighted by Gasteiger charge is 2.09. The molecule has 1 aromatic carbocycles. The van der Waals surface area contributed by atoms with Crippen LogP contribution in [-0.2, 0) is 11.3 Å². The molecule has 0 aliphatic rings. The van der Waals surface area contributed by atoms with E-state index < -0.39 is 0 Å². The van der Waals surface area contributed by atoms with Crippen LogP contribution >= 0.6 is 11.8 Å². The van der Waals surface area contributed by atoms with E-state index in [1.807, 2.05) is 37.4 Å². The zero-order valence-electron chi connectivity index (χ0n) is 10.8. The Morgan fingerprint density at radius 3 is 2.53 bits per heavy atom. The lowest BCUT2D eigenvalue weighted by Crippen LogP contribution is -2.28. The fraction of sp³-hybridized carbons (Fsp3) is 0.500. The molecule has 0 heterocycles. The molecule has 0 saturated heterocycles. The van der Waals surface area contributed by atoms with Crippen LogP contribution < -0.4 is 0 Å². The highest BCUT2D eigenvalue weighted by atomic mass is 32.2. The Labute approximate surface area is 108 Å². The minimum atomic E-state index is 0.208. The highest BCUT2D eigenvalue weighted by molar-refractivity contribution is 7.99. The molecule has 0 radical (unpaired) electrons. The van der Waals surface area contributed by atoms with Gasteiger partial charge in [-0.15, -0.1) is 0 Å². The van der Waals surface area contributed by atoms with E-state index in [0.717, 1.165) is 5.75 Å². The summed E-state index contributed by atoms with van der Waals surface area (Å²) in [5.74, 6) is 2.48. The molecule has 94 valence electrons. The molecule has 1 amide bonds. The quantitative estimate of drug-likeness (QED) is 0.774. The van der Waals surface area contributed by atoms with Crippen molar-refractivity contribution >= 4 is 17.7 Å². The monoisotopic (exact) mass is 251 g/mol. The fourth-order valence-corrected chi connectivity index (χ4v) is 2.42. The summed E-state index contributed by atoms with van der Waals surface area (Å²) in [6.07, 6.45) is 0. The molecular weight excluding hydrogens is 230 g/mol. The first-order valence-electron chi connectivity index (χ1n) is 5.95. The first-order valence-corrected chi connectivity index (χ1v) is 7.10. The van der Waals surface area contributed by atoms with E-state index in [1.165, 1.54) is 5.56 Å². The summed E-state index contributed by atoms with van der Waals surface area (Å²) in [5.41, 5.74) is 1.18. The van der Waals surface area contributed by atoms with Crippen LogP contribution in [-0.4, -0.2) is 29.4 Å². The van der Waals surface area contributed by atoms with Gasteiger partial charge in [0, 0.05) is 13.6 Å². The molecule has 0 N–H and O–H groups in total. The topological polar surface area (TPSA) is 20.3 Å². The van der Waals surface area contributed by atoms with Crippen molar-refractivity contribution in [2.24, 2.45) is 5.92 Å². The van der Waals surface area contributed by atoms with E-state index in [9.17, 15) is 4.79 Å². The molecule has 0 bridgehead atoms. The van der Waals surface area contributed by atoms with Crippen LogP contribution in [0.5, 0.6) is 0 Å². The van der Waals surface area contributed by atoms with Gasteiger partial charge in [0.05, 0.1) is 5.75 Å². The minimum Gasteiger partial charge on any atom is -0.341 e. The molecule has 0 atom stereocenters. The summed E-state index contributed by atoms with van der Waals surface area (Å²) < 4.78 is 0. The van der Waals surface area contributed by atoms with Crippen molar-refractivity contribution in [1.82, 2.24) is 4.90 Å². The van der Waals surface area contributed by atoms with Gasteiger partial charge in [-0.05, 0) is 17.2 Å². The maximum atomic E-state index is 11.8. The lowest BCUT2D eigenvalue weighted by Gasteiger charge is -2.17. The largest absolute Gasteiger partial charge is 0.341 e. The highest BCUT2D eigenvalue weighted by Crippen LogP contribution is 2.09. The number of carbonyl (C=O) groups excluding carboxylic acids is 1. The Morgan fingerprint density at radius 2 is 1.94 bits per heavy atom. The third kappa shape index (κ3) is 5.78. The van der Waals surface area contributed by atoms with Gasteiger partial charge < -0.3 is 4.90 Å². The molecule has 1 rings (SSSR count). The Bertz CT molecular complexity index is 337. The van der Waals surface area contributed by atoms with Crippen molar-refractivity contribution < 1.29 is 4.79 Å². The molecule has 3 heteroatoms. The Balaban J connectivity index is 2.32. The average Bonchev–Trinajstić information content (AvgIpc) is 2.29. The van der Waals surface area contributed by atoms with Crippen molar-refractivity contribution in [1.29, 1.82) is 0 Å². The van der Waals surface area contributed by atoms with E-state index in [0.29, 0.717) is 18.2 Å². The van der Waals surface area contributed by atoms with Crippen molar-refractivity contribution in [3.63, 3.8) is 0 Å². The lowest BCUT2D eigenvalue weighted by atomic mass is 10.2. The second kappa shape index (κ2) is 7.38. The zero-order chi connectivity index (χ0) is 12.7. The summed E-state index contributed by atoms with van der Waals surface area (Å²) in [5, 5.41) is 0. The molecule has 0 aromatic heterocycles. The smallest absolute Gasteiger partial charge is 0.232 e. The van der Waals surface area contributed by atoms with Crippen LogP contribution in [0.25, 0.3) is 0 Å². The molecule has 0 fully saturated rings. The van der Waals surface area contributed by atoms with Crippen LogP contribution in [0.4, 0.5) is 0 Å². The van der Waals surface area contributed by atoms with Crippen molar-refractivity contribution in [3.8, 4) is 0 Å². The number of hydrogen-bond donors (Lipinski definition) is 0. The van der Waals surface area contributed by atoms with Crippen LogP contribution in [0, 0.1) is 5.92 Å². The van der Waals surface area contributed by atoms with Gasteiger partial charge in [-0.3, -0.25) is 4.79 Å². The van der Waals surface area contributed by atoms with E-state index in [2.05, 4.69) is 13.8 Å². The predicted molar refractivity (Wildman–Crippen MR) is 75.1 cm³/mol. The molecule has 0 aliphatic heterocycles. The van der Waals surface area contributed by atoms with Crippen LogP contribution in [0.3, 0.4) is 0 Å². The van der Waals surface area contributed by atoms with Gasteiger partial charge in [-0.2, -0.15) is 11.8 Å². The molecule has 0 aliphatic carbocycles. The van der Waals surface area contributed by atoms with Crippen molar-refractivity contribution in [3.05, 3.63) is 35.9 Å². The Kier molecular flexibility index (Phi) is 6.12. The molecule has 2 nitrogen and oxygen atoms in total. The molecular formula is C14H21NOS. The number of benzene rings is 1. The molecule has 1 aromatic rings. The van der Waals surface area contributed by atoms with Crippen LogP contribution in [0.2, 0.25) is 0 Å². The van der Waals surface area contributed by atoms with E-state index in [-0.39, 0.29) is 5.91 Å². The average molecular weight is 251 g/mol. The van der Waals surface area contributed by atoms with Crippen LogP contribution in [0.1, 0.15) is 19.4 Å². The molecule has 0 spiro atoms. The van der Waals surface area contributed by atoms with Gasteiger partial charge in [0.25, 0.3) is 0 Å². The summed E-state index contributed by atoms with van der Waals surface area (Å²) in [6, 6.07) is 10.1. The van der Waals surface area contributed by atoms with E-state index >= 15 is 0 Å².